The SMILES string of the molecule is CC1(C)C[C@](O)(C(F)(F)F)[C@@H](Nc2cccc3c2cnn3-c2ccc(F)cc2)c2ccc(Cl)c(O)c21. The number of halogens is 5. The summed E-state index contributed by atoms with van der Waals surface area (Å²) in [5, 5.41) is 29.6. The number of hydrogen-bond acceptors (Lipinski definition) is 4. The van der Waals surface area contributed by atoms with Crippen molar-refractivity contribution in [3.05, 3.63) is 82.8 Å². The zero-order valence-electron chi connectivity index (χ0n) is 19.2. The summed E-state index contributed by atoms with van der Waals surface area (Å²) in [6.45, 7) is 3.06. The van der Waals surface area contributed by atoms with Gasteiger partial charge in [0.05, 0.1) is 28.5 Å². The van der Waals surface area contributed by atoms with Crippen LogP contribution in [0.15, 0.2) is 60.8 Å². The van der Waals surface area contributed by atoms with Gasteiger partial charge in [0.25, 0.3) is 0 Å². The maximum Gasteiger partial charge on any atom is 0.419 e. The molecule has 0 spiro atoms. The molecule has 2 atom stereocenters. The highest BCUT2D eigenvalue weighted by Crippen LogP contribution is 2.57. The van der Waals surface area contributed by atoms with Crippen LogP contribution in [0.1, 0.15) is 37.4 Å². The highest BCUT2D eigenvalue weighted by Gasteiger charge is 2.64. The second-order valence-electron chi connectivity index (χ2n) is 9.69. The summed E-state index contributed by atoms with van der Waals surface area (Å²) in [6, 6.07) is 11.7. The summed E-state index contributed by atoms with van der Waals surface area (Å²) >= 11 is 6.10. The van der Waals surface area contributed by atoms with Gasteiger partial charge in [0.2, 0.25) is 0 Å². The van der Waals surface area contributed by atoms with Gasteiger partial charge < -0.3 is 15.5 Å². The zero-order valence-corrected chi connectivity index (χ0v) is 20.0. The van der Waals surface area contributed by atoms with Gasteiger partial charge in [0.15, 0.2) is 5.60 Å². The molecule has 4 aromatic rings. The maximum atomic E-state index is 14.4. The first kappa shape index (κ1) is 24.4. The fraction of sp³-hybridized carbons (Fsp3) is 0.269. The summed E-state index contributed by atoms with van der Waals surface area (Å²) in [5.41, 5.74) is -2.61. The van der Waals surface area contributed by atoms with Gasteiger partial charge in [-0.2, -0.15) is 18.3 Å². The van der Waals surface area contributed by atoms with E-state index in [0.717, 1.165) is 0 Å². The number of aliphatic hydroxyl groups is 1. The average molecular weight is 520 g/mol. The molecule has 0 saturated heterocycles. The Bertz CT molecular complexity index is 1470. The second kappa shape index (κ2) is 8.11. The van der Waals surface area contributed by atoms with E-state index in [-0.39, 0.29) is 21.9 Å². The lowest BCUT2D eigenvalue weighted by molar-refractivity contribution is -0.275. The van der Waals surface area contributed by atoms with Gasteiger partial charge in [-0.15, -0.1) is 0 Å². The summed E-state index contributed by atoms with van der Waals surface area (Å²) in [4.78, 5) is 0. The number of phenolic OH excluding ortho intramolecular Hbond substituents is 1. The number of hydrogen-bond donors (Lipinski definition) is 3. The van der Waals surface area contributed by atoms with Crippen LogP contribution in [0.3, 0.4) is 0 Å². The topological polar surface area (TPSA) is 70.3 Å². The van der Waals surface area contributed by atoms with Crippen molar-refractivity contribution in [2.24, 2.45) is 0 Å². The molecular weight excluding hydrogens is 498 g/mol. The molecule has 10 heteroatoms. The van der Waals surface area contributed by atoms with E-state index >= 15 is 0 Å². The molecule has 188 valence electrons. The number of nitrogens with zero attached hydrogens (tertiary/aromatic N) is 2. The van der Waals surface area contributed by atoms with Crippen LogP contribution < -0.4 is 5.32 Å². The van der Waals surface area contributed by atoms with E-state index in [9.17, 15) is 27.8 Å². The largest absolute Gasteiger partial charge is 0.506 e. The van der Waals surface area contributed by atoms with Crippen LogP contribution in [0, 0.1) is 5.82 Å². The van der Waals surface area contributed by atoms with Gasteiger partial charge in [-0.25, -0.2) is 9.07 Å². The molecule has 0 amide bonds. The summed E-state index contributed by atoms with van der Waals surface area (Å²) in [5.74, 6) is -0.719. The minimum atomic E-state index is -4.99. The Hall–Kier alpha value is -3.30. The Morgan fingerprint density at radius 2 is 1.78 bits per heavy atom. The molecule has 1 aliphatic rings. The molecule has 0 fully saturated rings. The Morgan fingerprint density at radius 1 is 1.08 bits per heavy atom. The molecule has 5 nitrogen and oxygen atoms in total. The highest BCUT2D eigenvalue weighted by atomic mass is 35.5. The van der Waals surface area contributed by atoms with Crippen molar-refractivity contribution in [1.82, 2.24) is 9.78 Å². The second-order valence-corrected chi connectivity index (χ2v) is 10.1. The molecule has 0 bridgehead atoms. The number of alkyl halides is 3. The number of aromatic hydroxyl groups is 1. The van der Waals surface area contributed by atoms with E-state index in [4.69, 9.17) is 11.6 Å². The monoisotopic (exact) mass is 519 g/mol. The third-order valence-electron chi connectivity index (χ3n) is 6.81. The van der Waals surface area contributed by atoms with Crippen LogP contribution in [-0.4, -0.2) is 31.8 Å². The van der Waals surface area contributed by atoms with Gasteiger partial charge in [0.1, 0.15) is 11.6 Å². The predicted molar refractivity (Wildman–Crippen MR) is 129 cm³/mol. The van der Waals surface area contributed by atoms with Gasteiger partial charge in [0, 0.05) is 16.6 Å². The number of fused-ring (bicyclic) bond motifs is 2. The fourth-order valence-corrected chi connectivity index (χ4v) is 5.39. The number of aromatic nitrogens is 2. The zero-order chi connectivity index (χ0) is 26.0. The third kappa shape index (κ3) is 3.69. The molecule has 1 aliphatic carbocycles. The van der Waals surface area contributed by atoms with E-state index in [0.29, 0.717) is 22.3 Å². The molecule has 1 aromatic heterocycles. The van der Waals surface area contributed by atoms with Crippen LogP contribution in [0.5, 0.6) is 5.75 Å². The van der Waals surface area contributed by atoms with E-state index in [1.807, 2.05) is 0 Å². The molecule has 36 heavy (non-hydrogen) atoms. The number of nitrogens with one attached hydrogen (secondary N) is 1. The third-order valence-corrected chi connectivity index (χ3v) is 7.12. The molecule has 3 aromatic carbocycles. The summed E-state index contributed by atoms with van der Waals surface area (Å²) in [6.07, 6.45) is -4.20. The molecule has 0 unspecified atom stereocenters. The van der Waals surface area contributed by atoms with Crippen LogP contribution in [0.25, 0.3) is 16.6 Å². The van der Waals surface area contributed by atoms with Crippen molar-refractivity contribution in [3.8, 4) is 11.4 Å². The van der Waals surface area contributed by atoms with Crippen LogP contribution >= 0.6 is 11.6 Å². The van der Waals surface area contributed by atoms with Gasteiger partial charge >= 0.3 is 6.18 Å². The van der Waals surface area contributed by atoms with E-state index in [2.05, 4.69) is 10.4 Å². The van der Waals surface area contributed by atoms with E-state index < -0.39 is 35.5 Å². The minimum Gasteiger partial charge on any atom is -0.506 e. The molecule has 0 saturated carbocycles. The number of rotatable bonds is 3. The maximum absolute atomic E-state index is 14.4. The van der Waals surface area contributed by atoms with Gasteiger partial charge in [-0.05, 0) is 59.9 Å². The molecule has 0 radical (unpaired) electrons. The van der Waals surface area contributed by atoms with Crippen molar-refractivity contribution >= 4 is 28.2 Å². The van der Waals surface area contributed by atoms with Crippen molar-refractivity contribution in [3.63, 3.8) is 0 Å². The van der Waals surface area contributed by atoms with Crippen molar-refractivity contribution in [2.75, 3.05) is 5.32 Å². The summed E-state index contributed by atoms with van der Waals surface area (Å²) < 4.78 is 58.3. The van der Waals surface area contributed by atoms with Crippen molar-refractivity contribution in [2.45, 2.75) is 43.5 Å². The van der Waals surface area contributed by atoms with Crippen molar-refractivity contribution < 1.29 is 27.8 Å². The lowest BCUT2D eigenvalue weighted by Crippen LogP contribution is -2.58. The number of benzene rings is 3. The Balaban J connectivity index is 1.67. The van der Waals surface area contributed by atoms with Crippen LogP contribution in [0.4, 0.5) is 23.2 Å². The standard InChI is InChI=1S/C26H22ClF4N3O2/c1-24(2)13-25(36,26(29,30)31)23(16-10-11-18(27)22(35)21(16)24)33-19-4-3-5-20-17(19)12-32-34(20)15-8-6-14(28)7-9-15/h3-12,23,33,35-36H,13H2,1-2H3/t23-,25+/m0/s1. The molecule has 1 heterocycles. The van der Waals surface area contributed by atoms with Crippen molar-refractivity contribution in [1.29, 1.82) is 0 Å². The van der Waals surface area contributed by atoms with Gasteiger partial charge in [-0.3, -0.25) is 0 Å². The Labute approximate surface area is 208 Å². The summed E-state index contributed by atoms with van der Waals surface area (Å²) in [7, 11) is 0. The predicted octanol–water partition coefficient (Wildman–Crippen LogP) is 6.65. The quantitative estimate of drug-likeness (QED) is 0.265. The lowest BCUT2D eigenvalue weighted by atomic mass is 9.63. The molecule has 3 N–H and O–H groups in total. The van der Waals surface area contributed by atoms with E-state index in [1.54, 1.807) is 22.9 Å². The number of phenols is 1. The van der Waals surface area contributed by atoms with Gasteiger partial charge in [-0.1, -0.05) is 37.6 Å². The molecular formula is C26H22ClF4N3O2. The molecule has 0 aliphatic heterocycles. The molecule has 5 rings (SSSR count). The number of anilines is 1. The normalized spacial score (nSPS) is 21.4. The average Bonchev–Trinajstić information content (AvgIpc) is 3.23. The first-order valence-corrected chi connectivity index (χ1v) is 11.5. The lowest BCUT2D eigenvalue weighted by Gasteiger charge is -2.49. The van der Waals surface area contributed by atoms with Crippen LogP contribution in [-0.2, 0) is 5.41 Å². The first-order valence-electron chi connectivity index (χ1n) is 11.1. The Morgan fingerprint density at radius 3 is 2.44 bits per heavy atom. The minimum absolute atomic E-state index is 0.0145. The fourth-order valence-electron chi connectivity index (χ4n) is 5.24. The van der Waals surface area contributed by atoms with E-state index in [1.165, 1.54) is 56.4 Å². The van der Waals surface area contributed by atoms with Crippen LogP contribution in [0.2, 0.25) is 5.02 Å². The smallest absolute Gasteiger partial charge is 0.419 e. The highest BCUT2D eigenvalue weighted by molar-refractivity contribution is 6.32. The first-order chi connectivity index (χ1) is 16.8. The Kier molecular flexibility index (Phi) is 5.50.